The number of amides is 2. The number of hydrogen-bond donors (Lipinski definition) is 2. The Hall–Kier alpha value is -3.41. The van der Waals surface area contributed by atoms with Gasteiger partial charge in [-0.05, 0) is 48.5 Å². The van der Waals surface area contributed by atoms with Gasteiger partial charge in [0.2, 0.25) is 17.0 Å². The highest BCUT2D eigenvalue weighted by Gasteiger charge is 2.20. The Bertz CT molecular complexity index is 1110. The second kappa shape index (κ2) is 9.60. The molecule has 0 aliphatic carbocycles. The molecule has 8 nitrogen and oxygen atoms in total. The summed E-state index contributed by atoms with van der Waals surface area (Å²) < 4.78 is 41.3. The molecular formula is C19H17F3N6O2S. The number of nitrogens with zero attached hydrogens (tertiary/aromatic N) is 4. The number of hydrogen-bond acceptors (Lipinski definition) is 6. The van der Waals surface area contributed by atoms with Crippen LogP contribution in [0.4, 0.5) is 18.9 Å². The second-order valence-electron chi connectivity index (χ2n) is 6.46. The molecule has 2 aromatic carbocycles. The molecule has 162 valence electrons. The van der Waals surface area contributed by atoms with Crippen LogP contribution in [0.3, 0.4) is 0 Å². The monoisotopic (exact) mass is 450 g/mol. The maximum Gasteiger partial charge on any atom is 0.243 e. The lowest BCUT2D eigenvalue weighted by atomic mass is 10.2. The van der Waals surface area contributed by atoms with Crippen LogP contribution >= 0.6 is 11.8 Å². The van der Waals surface area contributed by atoms with Gasteiger partial charge >= 0.3 is 0 Å². The lowest BCUT2D eigenvalue weighted by molar-refractivity contribution is -0.123. The van der Waals surface area contributed by atoms with Gasteiger partial charge in [0.05, 0.1) is 23.2 Å². The fourth-order valence-corrected chi connectivity index (χ4v) is 3.27. The van der Waals surface area contributed by atoms with E-state index in [0.29, 0.717) is 11.2 Å². The number of carbonyl (C=O) groups is 2. The third-order valence-corrected chi connectivity index (χ3v) is 5.14. The van der Waals surface area contributed by atoms with E-state index >= 15 is 0 Å². The molecule has 12 heteroatoms. The number of rotatable bonds is 7. The first-order valence-electron chi connectivity index (χ1n) is 8.99. The average Bonchev–Trinajstić information content (AvgIpc) is 3.21. The molecule has 3 aromatic rings. The van der Waals surface area contributed by atoms with Crippen molar-refractivity contribution in [1.29, 1.82) is 0 Å². The highest BCUT2D eigenvalue weighted by atomic mass is 32.2. The van der Waals surface area contributed by atoms with Crippen molar-refractivity contribution in [3.05, 3.63) is 59.4 Å². The molecule has 0 saturated carbocycles. The molecule has 0 unspecified atom stereocenters. The van der Waals surface area contributed by atoms with Crippen molar-refractivity contribution in [2.75, 3.05) is 11.9 Å². The first-order valence-corrected chi connectivity index (χ1v) is 9.87. The fourth-order valence-electron chi connectivity index (χ4n) is 2.44. The molecule has 1 atom stereocenters. The maximum absolute atomic E-state index is 13.6. The lowest BCUT2D eigenvalue weighted by Crippen LogP contribution is -2.37. The topological polar surface area (TPSA) is 102 Å². The molecule has 1 aromatic heterocycles. The van der Waals surface area contributed by atoms with Crippen LogP contribution in [0.5, 0.6) is 0 Å². The number of aryl methyl sites for hydroxylation is 1. The maximum atomic E-state index is 13.6. The lowest BCUT2D eigenvalue weighted by Gasteiger charge is -2.12. The third kappa shape index (κ3) is 5.40. The van der Waals surface area contributed by atoms with Crippen molar-refractivity contribution in [1.82, 2.24) is 25.5 Å². The van der Waals surface area contributed by atoms with E-state index in [9.17, 15) is 22.8 Å². The number of tetrazole rings is 1. The fraction of sp³-hybridized carbons (Fsp3) is 0.211. The van der Waals surface area contributed by atoms with Crippen molar-refractivity contribution < 1.29 is 22.8 Å². The zero-order valence-corrected chi connectivity index (χ0v) is 17.2. The van der Waals surface area contributed by atoms with E-state index in [4.69, 9.17) is 0 Å². The summed E-state index contributed by atoms with van der Waals surface area (Å²) >= 11 is 1.08. The van der Waals surface area contributed by atoms with Crippen LogP contribution in [0.25, 0.3) is 5.69 Å². The van der Waals surface area contributed by atoms with Crippen molar-refractivity contribution in [3.8, 4) is 5.69 Å². The van der Waals surface area contributed by atoms with Gasteiger partial charge in [0.15, 0.2) is 17.5 Å². The smallest absolute Gasteiger partial charge is 0.243 e. The zero-order chi connectivity index (χ0) is 22.5. The Morgan fingerprint density at radius 3 is 2.52 bits per heavy atom. The van der Waals surface area contributed by atoms with Gasteiger partial charge in [-0.1, -0.05) is 29.5 Å². The molecule has 1 heterocycles. The molecule has 0 aliphatic rings. The Labute approximate surface area is 179 Å². The summed E-state index contributed by atoms with van der Waals surface area (Å²) in [4.78, 5) is 24.2. The van der Waals surface area contributed by atoms with Gasteiger partial charge in [-0.3, -0.25) is 9.59 Å². The van der Waals surface area contributed by atoms with E-state index in [1.165, 1.54) is 4.68 Å². The zero-order valence-electron chi connectivity index (χ0n) is 16.4. The summed E-state index contributed by atoms with van der Waals surface area (Å²) in [6, 6.07) is 9.04. The van der Waals surface area contributed by atoms with Crippen molar-refractivity contribution in [3.63, 3.8) is 0 Å². The predicted octanol–water partition coefficient (Wildman–Crippen LogP) is 2.62. The van der Waals surface area contributed by atoms with Gasteiger partial charge in [0.25, 0.3) is 0 Å². The number of benzene rings is 2. The number of thioether (sulfide) groups is 1. The van der Waals surface area contributed by atoms with Crippen molar-refractivity contribution in [2.24, 2.45) is 0 Å². The Morgan fingerprint density at radius 1 is 1.10 bits per heavy atom. The largest absolute Gasteiger partial charge is 0.346 e. The minimum Gasteiger partial charge on any atom is -0.346 e. The van der Waals surface area contributed by atoms with E-state index in [2.05, 4.69) is 26.2 Å². The molecule has 3 rings (SSSR count). The SMILES string of the molecule is Cc1ccc(-n2nnnc2S[C@H](C)C(=O)NCC(=O)Nc2ccc(F)c(F)c2F)cc1. The molecule has 0 radical (unpaired) electrons. The predicted molar refractivity (Wildman–Crippen MR) is 107 cm³/mol. The highest BCUT2D eigenvalue weighted by molar-refractivity contribution is 8.00. The molecule has 0 bridgehead atoms. The van der Waals surface area contributed by atoms with Crippen LogP contribution in [0, 0.1) is 24.4 Å². The van der Waals surface area contributed by atoms with Gasteiger partial charge in [0, 0.05) is 0 Å². The number of halogens is 3. The Balaban J connectivity index is 1.56. The third-order valence-electron chi connectivity index (χ3n) is 4.10. The summed E-state index contributed by atoms with van der Waals surface area (Å²) in [5.41, 5.74) is 1.26. The normalized spacial score (nSPS) is 11.8. The van der Waals surface area contributed by atoms with Crippen LogP contribution in [0.1, 0.15) is 12.5 Å². The van der Waals surface area contributed by atoms with Gasteiger partial charge in [0.1, 0.15) is 0 Å². The average molecular weight is 450 g/mol. The number of anilines is 1. The van der Waals surface area contributed by atoms with E-state index in [1.807, 2.05) is 31.2 Å². The van der Waals surface area contributed by atoms with E-state index in [-0.39, 0.29) is 0 Å². The summed E-state index contributed by atoms with van der Waals surface area (Å²) in [6.07, 6.45) is 0. The summed E-state index contributed by atoms with van der Waals surface area (Å²) in [6.45, 7) is 3.05. The summed E-state index contributed by atoms with van der Waals surface area (Å²) in [5.74, 6) is -5.89. The van der Waals surface area contributed by atoms with Crippen LogP contribution in [0.15, 0.2) is 41.6 Å². The molecule has 0 aliphatic heterocycles. The molecule has 0 saturated heterocycles. The van der Waals surface area contributed by atoms with Gasteiger partial charge in [-0.25, -0.2) is 13.2 Å². The summed E-state index contributed by atoms with van der Waals surface area (Å²) in [5, 5.41) is 15.6. The number of nitrogens with one attached hydrogen (secondary N) is 2. The summed E-state index contributed by atoms with van der Waals surface area (Å²) in [7, 11) is 0. The van der Waals surface area contributed by atoms with Crippen LogP contribution < -0.4 is 10.6 Å². The van der Waals surface area contributed by atoms with Gasteiger partial charge in [-0.2, -0.15) is 4.68 Å². The molecule has 0 spiro atoms. The quantitative estimate of drug-likeness (QED) is 0.424. The van der Waals surface area contributed by atoms with Crippen LogP contribution in [-0.2, 0) is 9.59 Å². The molecule has 31 heavy (non-hydrogen) atoms. The molecule has 2 N–H and O–H groups in total. The van der Waals surface area contributed by atoms with E-state index in [1.54, 1.807) is 6.92 Å². The van der Waals surface area contributed by atoms with E-state index < -0.39 is 46.7 Å². The second-order valence-corrected chi connectivity index (χ2v) is 7.77. The van der Waals surface area contributed by atoms with Crippen LogP contribution in [-0.4, -0.2) is 43.8 Å². The van der Waals surface area contributed by atoms with E-state index in [0.717, 1.165) is 29.1 Å². The van der Waals surface area contributed by atoms with Crippen molar-refractivity contribution >= 4 is 29.3 Å². The minimum atomic E-state index is -1.70. The first-order chi connectivity index (χ1) is 14.8. The standard InChI is InChI=1S/C19H17F3N6O2S/c1-10-3-5-12(6-4-10)28-19(25-26-27-28)31-11(2)18(30)23-9-15(29)24-14-8-7-13(20)16(21)17(14)22/h3-8,11H,9H2,1-2H3,(H,23,30)(H,24,29)/t11-/m1/s1. The van der Waals surface area contributed by atoms with Crippen LogP contribution in [0.2, 0.25) is 0 Å². The molecular weight excluding hydrogens is 433 g/mol. The van der Waals surface area contributed by atoms with Crippen molar-refractivity contribution in [2.45, 2.75) is 24.3 Å². The molecule has 0 fully saturated rings. The minimum absolute atomic E-state index is 0.375. The Morgan fingerprint density at radius 2 is 1.81 bits per heavy atom. The number of carbonyl (C=O) groups excluding carboxylic acids is 2. The van der Waals surface area contributed by atoms with Gasteiger partial charge < -0.3 is 10.6 Å². The first kappa shape index (κ1) is 22.3. The van der Waals surface area contributed by atoms with Gasteiger partial charge in [-0.15, -0.1) is 5.10 Å². The highest BCUT2D eigenvalue weighted by Crippen LogP contribution is 2.23. The Kier molecular flexibility index (Phi) is 6.90. The molecule has 2 amide bonds. The number of aromatic nitrogens is 4.